The maximum atomic E-state index is 12.4. The second kappa shape index (κ2) is 5.69. The number of fused-ring (bicyclic) bond motifs is 1. The van der Waals surface area contributed by atoms with Crippen LogP contribution < -0.4 is 10.2 Å². The third-order valence-electron chi connectivity index (χ3n) is 3.88. The lowest BCUT2D eigenvalue weighted by atomic mass is 10.1. The molecule has 110 valence electrons. The molecule has 21 heavy (non-hydrogen) atoms. The smallest absolute Gasteiger partial charge is 0.241 e. The van der Waals surface area contributed by atoms with Gasteiger partial charge in [0.05, 0.1) is 24.5 Å². The standard InChI is InChI=1S/C16H20N4O/c1-3-13-8-14(19(2)18-13)11-20-15-7-5-4-6-12(15)9-17-10-16(20)21/h4-8,17H,3,9-11H2,1-2H3. The van der Waals surface area contributed by atoms with Gasteiger partial charge >= 0.3 is 0 Å². The van der Waals surface area contributed by atoms with Gasteiger partial charge in [0.25, 0.3) is 0 Å². The normalized spacial score (nSPS) is 15.0. The van der Waals surface area contributed by atoms with Gasteiger partial charge in [0.2, 0.25) is 5.91 Å². The van der Waals surface area contributed by atoms with E-state index in [4.69, 9.17) is 0 Å². The zero-order chi connectivity index (χ0) is 14.8. The van der Waals surface area contributed by atoms with Crippen molar-refractivity contribution in [2.24, 2.45) is 7.05 Å². The van der Waals surface area contributed by atoms with E-state index >= 15 is 0 Å². The molecule has 0 aliphatic carbocycles. The van der Waals surface area contributed by atoms with Crippen molar-refractivity contribution in [2.75, 3.05) is 11.4 Å². The zero-order valence-corrected chi connectivity index (χ0v) is 12.5. The first-order chi connectivity index (χ1) is 10.2. The van der Waals surface area contributed by atoms with Crippen LogP contribution in [0.3, 0.4) is 0 Å². The van der Waals surface area contributed by atoms with Gasteiger partial charge in [-0.1, -0.05) is 25.1 Å². The minimum absolute atomic E-state index is 0.0965. The Hall–Kier alpha value is -2.14. The van der Waals surface area contributed by atoms with Gasteiger partial charge in [0.1, 0.15) is 0 Å². The van der Waals surface area contributed by atoms with Crippen LogP contribution in [0, 0.1) is 0 Å². The number of nitrogens with zero attached hydrogens (tertiary/aromatic N) is 3. The van der Waals surface area contributed by atoms with Crippen LogP contribution in [0.15, 0.2) is 30.3 Å². The van der Waals surface area contributed by atoms with Crippen LogP contribution in [0.25, 0.3) is 0 Å². The van der Waals surface area contributed by atoms with Gasteiger partial charge in [-0.05, 0) is 24.1 Å². The number of anilines is 1. The molecule has 2 heterocycles. The lowest BCUT2D eigenvalue weighted by molar-refractivity contribution is -0.117. The number of carbonyl (C=O) groups excluding carboxylic acids is 1. The number of benzene rings is 1. The van der Waals surface area contributed by atoms with Crippen LogP contribution >= 0.6 is 0 Å². The molecule has 5 heteroatoms. The summed E-state index contributed by atoms with van der Waals surface area (Å²) in [6.07, 6.45) is 0.903. The Morgan fingerprint density at radius 1 is 1.29 bits per heavy atom. The van der Waals surface area contributed by atoms with Crippen LogP contribution in [-0.4, -0.2) is 22.2 Å². The molecule has 0 bridgehead atoms. The molecule has 0 saturated heterocycles. The van der Waals surface area contributed by atoms with Crippen molar-refractivity contribution in [1.82, 2.24) is 15.1 Å². The highest BCUT2D eigenvalue weighted by Crippen LogP contribution is 2.24. The summed E-state index contributed by atoms with van der Waals surface area (Å²) in [6, 6.07) is 10.1. The van der Waals surface area contributed by atoms with Crippen LogP contribution in [-0.2, 0) is 31.4 Å². The van der Waals surface area contributed by atoms with E-state index in [1.54, 1.807) is 0 Å². The van der Waals surface area contributed by atoms with Crippen LogP contribution in [0.4, 0.5) is 5.69 Å². The van der Waals surface area contributed by atoms with E-state index < -0.39 is 0 Å². The molecule has 2 aromatic rings. The highest BCUT2D eigenvalue weighted by atomic mass is 16.2. The first kappa shape index (κ1) is 13.8. The van der Waals surface area contributed by atoms with E-state index in [1.807, 2.05) is 34.8 Å². The summed E-state index contributed by atoms with van der Waals surface area (Å²) in [7, 11) is 1.93. The van der Waals surface area contributed by atoms with E-state index in [9.17, 15) is 4.79 Å². The summed E-state index contributed by atoms with van der Waals surface area (Å²) in [4.78, 5) is 14.3. The van der Waals surface area contributed by atoms with Crippen molar-refractivity contribution in [1.29, 1.82) is 0 Å². The van der Waals surface area contributed by atoms with Crippen LogP contribution in [0.2, 0.25) is 0 Å². The average Bonchev–Trinajstić information content (AvgIpc) is 2.77. The second-order valence-electron chi connectivity index (χ2n) is 5.32. The number of aromatic nitrogens is 2. The highest BCUT2D eigenvalue weighted by Gasteiger charge is 2.22. The number of carbonyl (C=O) groups is 1. The fourth-order valence-electron chi connectivity index (χ4n) is 2.69. The molecular weight excluding hydrogens is 264 g/mol. The lowest BCUT2D eigenvalue weighted by Crippen LogP contribution is -2.35. The quantitative estimate of drug-likeness (QED) is 0.932. The Labute approximate surface area is 124 Å². The Kier molecular flexibility index (Phi) is 3.75. The van der Waals surface area contributed by atoms with Gasteiger partial charge in [0.15, 0.2) is 0 Å². The molecule has 1 aromatic carbocycles. The minimum Gasteiger partial charge on any atom is -0.305 e. The summed E-state index contributed by atoms with van der Waals surface area (Å²) in [5.74, 6) is 0.0965. The van der Waals surface area contributed by atoms with Crippen molar-refractivity contribution >= 4 is 11.6 Å². The zero-order valence-electron chi connectivity index (χ0n) is 12.5. The summed E-state index contributed by atoms with van der Waals surface area (Å²) < 4.78 is 1.87. The van der Waals surface area contributed by atoms with Crippen molar-refractivity contribution in [3.63, 3.8) is 0 Å². The third kappa shape index (κ3) is 2.69. The van der Waals surface area contributed by atoms with E-state index in [1.165, 1.54) is 0 Å². The Morgan fingerprint density at radius 3 is 2.86 bits per heavy atom. The maximum Gasteiger partial charge on any atom is 0.241 e. The van der Waals surface area contributed by atoms with Gasteiger partial charge in [-0.15, -0.1) is 0 Å². The molecule has 1 aliphatic heterocycles. The van der Waals surface area contributed by atoms with E-state index in [2.05, 4.69) is 29.5 Å². The van der Waals surface area contributed by atoms with Crippen molar-refractivity contribution < 1.29 is 4.79 Å². The molecule has 1 aromatic heterocycles. The van der Waals surface area contributed by atoms with Crippen molar-refractivity contribution in [3.8, 4) is 0 Å². The third-order valence-corrected chi connectivity index (χ3v) is 3.88. The van der Waals surface area contributed by atoms with Gasteiger partial charge < -0.3 is 10.2 Å². The summed E-state index contributed by atoms with van der Waals surface area (Å²) >= 11 is 0. The summed E-state index contributed by atoms with van der Waals surface area (Å²) in [6.45, 7) is 3.74. The largest absolute Gasteiger partial charge is 0.305 e. The Balaban J connectivity index is 1.95. The number of rotatable bonds is 3. The highest BCUT2D eigenvalue weighted by molar-refractivity contribution is 5.96. The fourth-order valence-corrected chi connectivity index (χ4v) is 2.69. The molecule has 0 fully saturated rings. The molecule has 5 nitrogen and oxygen atoms in total. The van der Waals surface area contributed by atoms with Crippen LogP contribution in [0.1, 0.15) is 23.9 Å². The molecule has 0 spiro atoms. The number of nitrogens with one attached hydrogen (secondary N) is 1. The number of hydrogen-bond donors (Lipinski definition) is 1. The van der Waals surface area contributed by atoms with Crippen LogP contribution in [0.5, 0.6) is 0 Å². The molecule has 0 radical (unpaired) electrons. The fraction of sp³-hybridized carbons (Fsp3) is 0.375. The topological polar surface area (TPSA) is 50.2 Å². The number of amides is 1. The van der Waals surface area contributed by atoms with Crippen molar-refractivity contribution in [2.45, 2.75) is 26.4 Å². The molecule has 1 N–H and O–H groups in total. The first-order valence-corrected chi connectivity index (χ1v) is 7.30. The lowest BCUT2D eigenvalue weighted by Gasteiger charge is -2.22. The molecule has 3 rings (SSSR count). The van der Waals surface area contributed by atoms with E-state index in [0.717, 1.165) is 35.6 Å². The molecule has 1 amide bonds. The first-order valence-electron chi connectivity index (χ1n) is 7.30. The Morgan fingerprint density at radius 2 is 2.10 bits per heavy atom. The average molecular weight is 284 g/mol. The Bertz CT molecular complexity index is 662. The number of para-hydroxylation sites is 1. The van der Waals surface area contributed by atoms with E-state index in [-0.39, 0.29) is 5.91 Å². The number of aryl methyl sites for hydroxylation is 2. The second-order valence-corrected chi connectivity index (χ2v) is 5.32. The van der Waals surface area contributed by atoms with Gasteiger partial charge in [0, 0.05) is 19.3 Å². The van der Waals surface area contributed by atoms with Gasteiger partial charge in [-0.25, -0.2) is 0 Å². The number of hydrogen-bond acceptors (Lipinski definition) is 3. The summed E-state index contributed by atoms with van der Waals surface area (Å²) in [5, 5.41) is 7.65. The van der Waals surface area contributed by atoms with E-state index in [0.29, 0.717) is 13.1 Å². The molecule has 0 unspecified atom stereocenters. The predicted octanol–water partition coefficient (Wildman–Crippen LogP) is 1.62. The summed E-state index contributed by atoms with van der Waals surface area (Å²) in [5.41, 5.74) is 4.26. The molecule has 0 atom stereocenters. The molecule has 1 aliphatic rings. The molecule has 0 saturated carbocycles. The maximum absolute atomic E-state index is 12.4. The predicted molar refractivity (Wildman–Crippen MR) is 81.9 cm³/mol. The van der Waals surface area contributed by atoms with Gasteiger partial charge in [-0.3, -0.25) is 9.48 Å². The minimum atomic E-state index is 0.0965. The van der Waals surface area contributed by atoms with Crippen molar-refractivity contribution in [3.05, 3.63) is 47.3 Å². The molecular formula is C16H20N4O. The van der Waals surface area contributed by atoms with Gasteiger partial charge in [-0.2, -0.15) is 5.10 Å². The monoisotopic (exact) mass is 284 g/mol. The SMILES string of the molecule is CCc1cc(CN2C(=O)CNCc3ccccc32)n(C)n1.